The summed E-state index contributed by atoms with van der Waals surface area (Å²) in [4.78, 5) is 0. The van der Waals surface area contributed by atoms with Gasteiger partial charge in [-0.3, -0.25) is 0 Å². The average molecular weight is 272 g/mol. The van der Waals surface area contributed by atoms with Gasteiger partial charge in [0.15, 0.2) is 6.10 Å². The molecular weight excluding hydrogens is 261 g/mol. The molecule has 0 saturated heterocycles. The standard InChI is InChI=1S/C12H11Cl2NO2/c13-8-3-4-9(14)11(6-8)17-12(7-15)10-2-1-5-16-10/h1-6,12H,7,15H2. The van der Waals surface area contributed by atoms with Crippen molar-refractivity contribution in [1.29, 1.82) is 0 Å². The van der Waals surface area contributed by atoms with Gasteiger partial charge in [-0.05, 0) is 24.3 Å². The number of halogens is 2. The van der Waals surface area contributed by atoms with Gasteiger partial charge in [0.25, 0.3) is 0 Å². The van der Waals surface area contributed by atoms with Gasteiger partial charge in [0.1, 0.15) is 11.5 Å². The molecule has 0 fully saturated rings. The number of hydrogen-bond acceptors (Lipinski definition) is 3. The molecule has 90 valence electrons. The van der Waals surface area contributed by atoms with E-state index in [4.69, 9.17) is 38.1 Å². The summed E-state index contributed by atoms with van der Waals surface area (Å²) in [7, 11) is 0. The van der Waals surface area contributed by atoms with Crippen LogP contribution in [-0.4, -0.2) is 6.54 Å². The van der Waals surface area contributed by atoms with Gasteiger partial charge in [0.2, 0.25) is 0 Å². The molecule has 1 aromatic carbocycles. The normalized spacial score (nSPS) is 12.4. The molecule has 0 spiro atoms. The van der Waals surface area contributed by atoms with Crippen LogP contribution in [-0.2, 0) is 0 Å². The predicted molar refractivity (Wildman–Crippen MR) is 67.6 cm³/mol. The van der Waals surface area contributed by atoms with E-state index in [9.17, 15) is 0 Å². The third-order valence-electron chi connectivity index (χ3n) is 2.24. The Hall–Kier alpha value is -1.16. The van der Waals surface area contributed by atoms with Crippen molar-refractivity contribution in [2.24, 2.45) is 5.73 Å². The van der Waals surface area contributed by atoms with Crippen LogP contribution in [0, 0.1) is 0 Å². The molecule has 1 heterocycles. The molecule has 0 aliphatic rings. The van der Waals surface area contributed by atoms with Crippen molar-refractivity contribution < 1.29 is 9.15 Å². The fourth-order valence-electron chi connectivity index (χ4n) is 1.42. The van der Waals surface area contributed by atoms with Gasteiger partial charge in [0.05, 0.1) is 11.3 Å². The van der Waals surface area contributed by atoms with Gasteiger partial charge < -0.3 is 14.9 Å². The molecule has 1 unspecified atom stereocenters. The van der Waals surface area contributed by atoms with Crippen LogP contribution < -0.4 is 10.5 Å². The van der Waals surface area contributed by atoms with E-state index in [0.717, 1.165) is 0 Å². The Kier molecular flexibility index (Phi) is 3.94. The second-order valence-electron chi connectivity index (χ2n) is 3.43. The molecule has 17 heavy (non-hydrogen) atoms. The van der Waals surface area contributed by atoms with Crippen molar-refractivity contribution in [3.8, 4) is 5.75 Å². The first kappa shape index (κ1) is 12.3. The summed E-state index contributed by atoms with van der Waals surface area (Å²) in [5.41, 5.74) is 5.64. The number of benzene rings is 1. The number of rotatable bonds is 4. The quantitative estimate of drug-likeness (QED) is 0.923. The fourth-order valence-corrected chi connectivity index (χ4v) is 1.74. The van der Waals surface area contributed by atoms with E-state index < -0.39 is 0 Å². The molecule has 1 atom stereocenters. The van der Waals surface area contributed by atoms with Crippen molar-refractivity contribution in [2.75, 3.05) is 6.54 Å². The van der Waals surface area contributed by atoms with Gasteiger partial charge in [-0.15, -0.1) is 0 Å². The van der Waals surface area contributed by atoms with Crippen LogP contribution in [0.5, 0.6) is 5.75 Å². The van der Waals surface area contributed by atoms with Crippen LogP contribution in [0.4, 0.5) is 0 Å². The molecule has 5 heteroatoms. The van der Waals surface area contributed by atoms with Crippen LogP contribution in [0.3, 0.4) is 0 Å². The Morgan fingerprint density at radius 3 is 2.76 bits per heavy atom. The van der Waals surface area contributed by atoms with Gasteiger partial charge >= 0.3 is 0 Å². The number of nitrogens with two attached hydrogens (primary N) is 1. The van der Waals surface area contributed by atoms with Crippen LogP contribution in [0.15, 0.2) is 41.0 Å². The molecule has 0 saturated carbocycles. The number of ether oxygens (including phenoxy) is 1. The first-order valence-corrected chi connectivity index (χ1v) is 5.81. The average Bonchev–Trinajstić information content (AvgIpc) is 2.84. The molecule has 1 aromatic heterocycles. The minimum absolute atomic E-state index is 0.288. The Morgan fingerprint density at radius 2 is 2.12 bits per heavy atom. The Morgan fingerprint density at radius 1 is 1.29 bits per heavy atom. The van der Waals surface area contributed by atoms with Crippen molar-refractivity contribution in [3.05, 3.63) is 52.4 Å². The lowest BCUT2D eigenvalue weighted by Gasteiger charge is -2.16. The van der Waals surface area contributed by atoms with Gasteiger partial charge in [-0.25, -0.2) is 0 Å². The summed E-state index contributed by atoms with van der Waals surface area (Å²) in [5, 5.41) is 1.04. The van der Waals surface area contributed by atoms with Crippen molar-refractivity contribution in [3.63, 3.8) is 0 Å². The summed E-state index contributed by atoms with van der Waals surface area (Å²) in [6.45, 7) is 0.288. The third kappa shape index (κ3) is 2.94. The highest BCUT2D eigenvalue weighted by Crippen LogP contribution is 2.31. The molecule has 2 N–H and O–H groups in total. The van der Waals surface area contributed by atoms with E-state index in [1.54, 1.807) is 36.6 Å². The van der Waals surface area contributed by atoms with E-state index in [1.165, 1.54) is 0 Å². The first-order valence-electron chi connectivity index (χ1n) is 5.06. The summed E-state index contributed by atoms with van der Waals surface area (Å²) in [5.74, 6) is 1.15. The summed E-state index contributed by atoms with van der Waals surface area (Å²) < 4.78 is 10.9. The summed E-state index contributed by atoms with van der Waals surface area (Å²) in [6.07, 6.45) is 1.20. The SMILES string of the molecule is NCC(Oc1cc(Cl)ccc1Cl)c1ccco1. The molecule has 0 radical (unpaired) electrons. The minimum Gasteiger partial charge on any atom is -0.480 e. The third-order valence-corrected chi connectivity index (χ3v) is 2.78. The zero-order chi connectivity index (χ0) is 12.3. The van der Waals surface area contributed by atoms with Crippen LogP contribution in [0.1, 0.15) is 11.9 Å². The second-order valence-corrected chi connectivity index (χ2v) is 4.28. The smallest absolute Gasteiger partial charge is 0.168 e. The summed E-state index contributed by atoms with van der Waals surface area (Å²) in [6, 6.07) is 8.60. The maximum atomic E-state index is 6.00. The predicted octanol–water partition coefficient (Wildman–Crippen LogP) is 3.67. The molecule has 0 bridgehead atoms. The maximum Gasteiger partial charge on any atom is 0.168 e. The molecule has 2 rings (SSSR count). The number of hydrogen-bond donors (Lipinski definition) is 1. The highest BCUT2D eigenvalue weighted by Gasteiger charge is 2.16. The topological polar surface area (TPSA) is 48.4 Å². The molecular formula is C12H11Cl2NO2. The monoisotopic (exact) mass is 271 g/mol. The molecule has 0 aliphatic carbocycles. The Labute approximate surface area is 109 Å². The lowest BCUT2D eigenvalue weighted by Crippen LogP contribution is -2.18. The van der Waals surface area contributed by atoms with Crippen molar-refractivity contribution in [2.45, 2.75) is 6.10 Å². The van der Waals surface area contributed by atoms with Gasteiger partial charge in [0, 0.05) is 17.6 Å². The van der Waals surface area contributed by atoms with E-state index in [2.05, 4.69) is 0 Å². The minimum atomic E-state index is -0.374. The highest BCUT2D eigenvalue weighted by atomic mass is 35.5. The Bertz CT molecular complexity index is 485. The second kappa shape index (κ2) is 5.45. The van der Waals surface area contributed by atoms with E-state index in [1.807, 2.05) is 0 Å². The Balaban J connectivity index is 2.21. The van der Waals surface area contributed by atoms with Crippen molar-refractivity contribution in [1.82, 2.24) is 0 Å². The highest BCUT2D eigenvalue weighted by molar-refractivity contribution is 6.34. The largest absolute Gasteiger partial charge is 0.480 e. The zero-order valence-corrected chi connectivity index (χ0v) is 10.4. The molecule has 0 amide bonds. The summed E-state index contributed by atoms with van der Waals surface area (Å²) >= 11 is 11.9. The lowest BCUT2D eigenvalue weighted by atomic mass is 10.2. The van der Waals surface area contributed by atoms with Gasteiger partial charge in [-0.2, -0.15) is 0 Å². The van der Waals surface area contributed by atoms with E-state index >= 15 is 0 Å². The lowest BCUT2D eigenvalue weighted by molar-refractivity contribution is 0.184. The van der Waals surface area contributed by atoms with Crippen LogP contribution in [0.2, 0.25) is 10.0 Å². The maximum absolute atomic E-state index is 6.00. The molecule has 3 nitrogen and oxygen atoms in total. The van der Waals surface area contributed by atoms with E-state index in [-0.39, 0.29) is 12.6 Å². The fraction of sp³-hybridized carbons (Fsp3) is 0.167. The van der Waals surface area contributed by atoms with Crippen LogP contribution in [0.25, 0.3) is 0 Å². The zero-order valence-electron chi connectivity index (χ0n) is 8.90. The van der Waals surface area contributed by atoms with Crippen LogP contribution >= 0.6 is 23.2 Å². The number of furan rings is 1. The molecule has 0 aliphatic heterocycles. The van der Waals surface area contributed by atoms with Crippen molar-refractivity contribution >= 4 is 23.2 Å². The van der Waals surface area contributed by atoms with Gasteiger partial charge in [-0.1, -0.05) is 23.2 Å². The first-order chi connectivity index (χ1) is 8.20. The molecule has 2 aromatic rings. The van der Waals surface area contributed by atoms with E-state index in [0.29, 0.717) is 21.6 Å².